The normalized spacial score (nSPS) is 15.2. The van der Waals surface area contributed by atoms with Gasteiger partial charge in [0.1, 0.15) is 5.01 Å². The summed E-state index contributed by atoms with van der Waals surface area (Å²) >= 11 is 7.47. The van der Waals surface area contributed by atoms with Crippen molar-refractivity contribution in [2.75, 3.05) is 0 Å². The van der Waals surface area contributed by atoms with Gasteiger partial charge in [0.25, 0.3) is 0 Å². The van der Waals surface area contributed by atoms with Gasteiger partial charge in [-0.1, -0.05) is 11.6 Å². The molecule has 0 spiro atoms. The molecule has 1 fully saturated rings. The van der Waals surface area contributed by atoms with Crippen LogP contribution in [0.5, 0.6) is 0 Å². The summed E-state index contributed by atoms with van der Waals surface area (Å²) in [5.74, 6) is 0.630. The highest BCUT2D eigenvalue weighted by Crippen LogP contribution is 2.43. The quantitative estimate of drug-likeness (QED) is 0.927. The van der Waals surface area contributed by atoms with E-state index in [2.05, 4.69) is 9.97 Å². The average molecular weight is 266 g/mol. The van der Waals surface area contributed by atoms with Gasteiger partial charge < -0.3 is 5.73 Å². The summed E-state index contributed by atoms with van der Waals surface area (Å²) < 4.78 is 0. The van der Waals surface area contributed by atoms with Crippen LogP contribution >= 0.6 is 22.9 Å². The van der Waals surface area contributed by atoms with E-state index in [1.54, 1.807) is 17.5 Å². The second kappa shape index (κ2) is 4.37. The summed E-state index contributed by atoms with van der Waals surface area (Å²) in [6, 6.07) is 3.74. The maximum Gasteiger partial charge on any atom is 0.142 e. The molecule has 0 atom stereocenters. The Balaban J connectivity index is 2.00. The predicted molar refractivity (Wildman–Crippen MR) is 70.2 cm³/mol. The molecule has 2 N–H and O–H groups in total. The van der Waals surface area contributed by atoms with E-state index < -0.39 is 0 Å². The van der Waals surface area contributed by atoms with Crippen LogP contribution in [0.15, 0.2) is 18.3 Å². The second-order valence-electron chi connectivity index (χ2n) is 4.17. The van der Waals surface area contributed by atoms with E-state index in [-0.39, 0.29) is 0 Å². The first kappa shape index (κ1) is 11.1. The van der Waals surface area contributed by atoms with Crippen molar-refractivity contribution in [2.45, 2.75) is 25.3 Å². The summed E-state index contributed by atoms with van der Waals surface area (Å²) in [6.45, 7) is 0.567. The average Bonchev–Trinajstić information content (AvgIpc) is 3.10. The molecule has 0 bridgehead atoms. The molecule has 0 saturated heterocycles. The van der Waals surface area contributed by atoms with Gasteiger partial charge >= 0.3 is 0 Å². The number of thiazole rings is 1. The molecule has 1 saturated carbocycles. The zero-order chi connectivity index (χ0) is 11.8. The molecule has 5 heteroatoms. The van der Waals surface area contributed by atoms with Gasteiger partial charge in [-0.25, -0.2) is 4.98 Å². The number of nitrogens with two attached hydrogens (primary N) is 1. The molecule has 1 aliphatic carbocycles. The number of rotatable bonds is 3. The van der Waals surface area contributed by atoms with Gasteiger partial charge in [-0.2, -0.15) is 0 Å². The summed E-state index contributed by atoms with van der Waals surface area (Å²) in [4.78, 5) is 10.2. The van der Waals surface area contributed by atoms with Crippen molar-refractivity contribution in [1.29, 1.82) is 0 Å². The van der Waals surface area contributed by atoms with E-state index in [0.29, 0.717) is 17.5 Å². The van der Waals surface area contributed by atoms with Crippen molar-refractivity contribution in [1.82, 2.24) is 9.97 Å². The van der Waals surface area contributed by atoms with Crippen molar-refractivity contribution >= 4 is 22.9 Å². The molecule has 1 aliphatic rings. The number of aromatic nitrogens is 2. The monoisotopic (exact) mass is 265 g/mol. The molecule has 0 radical (unpaired) electrons. The van der Waals surface area contributed by atoms with Crippen molar-refractivity contribution < 1.29 is 0 Å². The van der Waals surface area contributed by atoms with Gasteiger partial charge in [-0.05, 0) is 25.0 Å². The van der Waals surface area contributed by atoms with E-state index in [1.165, 1.54) is 23.4 Å². The Kier molecular flexibility index (Phi) is 2.86. The zero-order valence-electron chi connectivity index (χ0n) is 9.19. The fourth-order valence-electron chi connectivity index (χ4n) is 1.80. The smallest absolute Gasteiger partial charge is 0.142 e. The summed E-state index contributed by atoms with van der Waals surface area (Å²) in [5.41, 5.74) is 7.82. The lowest BCUT2D eigenvalue weighted by molar-refractivity contribution is 0.978. The molecule has 2 aromatic rings. The molecule has 3 rings (SSSR count). The summed E-state index contributed by atoms with van der Waals surface area (Å²) in [5, 5.41) is 1.59. The Bertz CT molecular complexity index is 531. The third-order valence-electron chi connectivity index (χ3n) is 2.82. The lowest BCUT2D eigenvalue weighted by atomic mass is 10.2. The lowest BCUT2D eigenvalue weighted by Crippen LogP contribution is -1.96. The van der Waals surface area contributed by atoms with Gasteiger partial charge in [-0.3, -0.25) is 4.98 Å². The van der Waals surface area contributed by atoms with Crippen molar-refractivity contribution in [2.24, 2.45) is 5.73 Å². The van der Waals surface area contributed by atoms with Crippen molar-refractivity contribution in [3.05, 3.63) is 33.9 Å². The third kappa shape index (κ3) is 2.20. The Labute approximate surface area is 109 Å². The standard InChI is InChI=1S/C12H12ClN3S/c13-8-3-4-9(15-6-8)12-16-11(7-1-2-7)10(5-14)17-12/h3-4,6-7H,1-2,5,14H2. The van der Waals surface area contributed by atoms with Crippen LogP contribution < -0.4 is 5.73 Å². The van der Waals surface area contributed by atoms with Gasteiger partial charge in [-0.15, -0.1) is 11.3 Å². The molecule has 17 heavy (non-hydrogen) atoms. The van der Waals surface area contributed by atoms with Crippen molar-refractivity contribution in [3.8, 4) is 10.7 Å². The molecule has 2 aromatic heterocycles. The maximum absolute atomic E-state index is 5.82. The van der Waals surface area contributed by atoms with Crippen LogP contribution in [-0.4, -0.2) is 9.97 Å². The largest absolute Gasteiger partial charge is 0.326 e. The van der Waals surface area contributed by atoms with E-state index in [1.807, 2.05) is 12.1 Å². The van der Waals surface area contributed by atoms with Crippen LogP contribution in [0.2, 0.25) is 5.02 Å². The van der Waals surface area contributed by atoms with Crippen LogP contribution in [0, 0.1) is 0 Å². The highest BCUT2D eigenvalue weighted by atomic mass is 35.5. The second-order valence-corrected chi connectivity index (χ2v) is 5.69. The van der Waals surface area contributed by atoms with Crippen LogP contribution in [0.3, 0.4) is 0 Å². The van der Waals surface area contributed by atoms with E-state index in [9.17, 15) is 0 Å². The number of nitrogens with zero attached hydrogens (tertiary/aromatic N) is 2. The van der Waals surface area contributed by atoms with E-state index in [0.717, 1.165) is 10.7 Å². The Hall–Kier alpha value is -0.970. The first-order valence-corrected chi connectivity index (χ1v) is 6.79. The molecule has 0 aromatic carbocycles. The van der Waals surface area contributed by atoms with Crippen LogP contribution in [0.4, 0.5) is 0 Å². The van der Waals surface area contributed by atoms with Gasteiger partial charge in [0.05, 0.1) is 16.4 Å². The van der Waals surface area contributed by atoms with Gasteiger partial charge in [0, 0.05) is 23.5 Å². The topological polar surface area (TPSA) is 51.8 Å². The van der Waals surface area contributed by atoms with E-state index >= 15 is 0 Å². The highest BCUT2D eigenvalue weighted by Gasteiger charge is 2.29. The fourth-order valence-corrected chi connectivity index (χ4v) is 2.91. The third-order valence-corrected chi connectivity index (χ3v) is 4.16. The number of pyridine rings is 1. The minimum absolute atomic E-state index is 0.567. The minimum atomic E-state index is 0.567. The van der Waals surface area contributed by atoms with Crippen LogP contribution in [0.25, 0.3) is 10.7 Å². The minimum Gasteiger partial charge on any atom is -0.326 e. The highest BCUT2D eigenvalue weighted by molar-refractivity contribution is 7.15. The molecular formula is C12H12ClN3S. The van der Waals surface area contributed by atoms with Gasteiger partial charge in [0.2, 0.25) is 0 Å². The van der Waals surface area contributed by atoms with Crippen molar-refractivity contribution in [3.63, 3.8) is 0 Å². The predicted octanol–water partition coefficient (Wildman–Crippen LogP) is 3.19. The van der Waals surface area contributed by atoms with Crippen LogP contribution in [-0.2, 0) is 6.54 Å². The van der Waals surface area contributed by atoms with Gasteiger partial charge in [0.15, 0.2) is 0 Å². The first-order valence-electron chi connectivity index (χ1n) is 5.59. The Morgan fingerprint density at radius 3 is 2.82 bits per heavy atom. The Morgan fingerprint density at radius 1 is 1.41 bits per heavy atom. The fraction of sp³-hybridized carbons (Fsp3) is 0.333. The molecule has 2 heterocycles. The molecular weight excluding hydrogens is 254 g/mol. The van der Waals surface area contributed by atoms with Crippen LogP contribution in [0.1, 0.15) is 29.3 Å². The maximum atomic E-state index is 5.82. The zero-order valence-corrected chi connectivity index (χ0v) is 10.8. The summed E-state index contributed by atoms with van der Waals surface area (Å²) in [7, 11) is 0. The number of halogens is 1. The number of hydrogen-bond acceptors (Lipinski definition) is 4. The Morgan fingerprint density at radius 2 is 2.24 bits per heavy atom. The molecule has 0 amide bonds. The lowest BCUT2D eigenvalue weighted by Gasteiger charge is -1.94. The molecule has 0 aliphatic heterocycles. The molecule has 88 valence electrons. The summed E-state index contributed by atoms with van der Waals surface area (Å²) in [6.07, 6.45) is 4.13. The molecule has 3 nitrogen and oxygen atoms in total. The molecule has 0 unspecified atom stereocenters. The van der Waals surface area contributed by atoms with E-state index in [4.69, 9.17) is 17.3 Å². The first-order chi connectivity index (χ1) is 8.28. The SMILES string of the molecule is NCc1sc(-c2ccc(Cl)cn2)nc1C1CC1. The number of hydrogen-bond donors (Lipinski definition) is 1.